The van der Waals surface area contributed by atoms with Gasteiger partial charge in [-0.2, -0.15) is 0 Å². The van der Waals surface area contributed by atoms with Crippen LogP contribution >= 0.6 is 0 Å². The normalized spacial score (nSPS) is 10.9. The van der Waals surface area contributed by atoms with Crippen molar-refractivity contribution >= 4 is 16.9 Å². The lowest BCUT2D eigenvalue weighted by Gasteiger charge is -1.93. The lowest BCUT2D eigenvalue weighted by Crippen LogP contribution is -1.98. The van der Waals surface area contributed by atoms with Crippen LogP contribution in [-0.2, 0) is 0 Å². The Kier molecular flexibility index (Phi) is 1.96. The van der Waals surface area contributed by atoms with Gasteiger partial charge < -0.3 is 10.1 Å². The highest BCUT2D eigenvalue weighted by Crippen LogP contribution is 2.25. The van der Waals surface area contributed by atoms with Crippen LogP contribution < -0.4 is 0 Å². The summed E-state index contributed by atoms with van der Waals surface area (Å²) in [5.41, 5.74) is 0.233. The molecule has 0 fully saturated rings. The molecule has 1 aromatic heterocycles. The summed E-state index contributed by atoms with van der Waals surface area (Å²) in [4.78, 5) is 13.2. The smallest absolute Gasteiger partial charge is 0.352 e. The Balaban J connectivity index is 2.88. The minimum atomic E-state index is -1.19. The van der Waals surface area contributed by atoms with Crippen molar-refractivity contribution in [2.24, 2.45) is 0 Å². The molecule has 0 amide bonds. The topological polar surface area (TPSA) is 53.1 Å². The van der Waals surface area contributed by atoms with Crippen LogP contribution in [0, 0.1) is 18.6 Å². The summed E-state index contributed by atoms with van der Waals surface area (Å²) in [6, 6.07) is 1.82. The summed E-state index contributed by atoms with van der Waals surface area (Å²) in [7, 11) is 0. The Morgan fingerprint density at radius 2 is 2.07 bits per heavy atom. The van der Waals surface area contributed by atoms with E-state index in [4.69, 9.17) is 5.11 Å². The Morgan fingerprint density at radius 3 is 2.67 bits per heavy atom. The number of aromatic nitrogens is 1. The quantitative estimate of drug-likeness (QED) is 0.761. The maximum Gasteiger partial charge on any atom is 0.352 e. The van der Waals surface area contributed by atoms with Gasteiger partial charge in [0.25, 0.3) is 0 Å². The van der Waals surface area contributed by atoms with Gasteiger partial charge >= 0.3 is 5.97 Å². The molecular weight excluding hydrogens is 204 g/mol. The van der Waals surface area contributed by atoms with Crippen LogP contribution in [0.25, 0.3) is 10.9 Å². The number of carboxylic acid groups (broad SMARTS) is 1. The molecule has 0 aliphatic rings. The van der Waals surface area contributed by atoms with Crippen LogP contribution in [0.15, 0.2) is 12.1 Å². The highest BCUT2D eigenvalue weighted by atomic mass is 19.1. The van der Waals surface area contributed by atoms with Crippen LogP contribution in [0.4, 0.5) is 8.78 Å². The summed E-state index contributed by atoms with van der Waals surface area (Å²) >= 11 is 0. The van der Waals surface area contributed by atoms with Crippen molar-refractivity contribution in [2.75, 3.05) is 0 Å². The molecule has 0 spiro atoms. The largest absolute Gasteiger partial charge is 0.477 e. The van der Waals surface area contributed by atoms with Gasteiger partial charge in [-0.25, -0.2) is 13.6 Å². The first kappa shape index (κ1) is 9.64. The number of benzene rings is 1. The second kappa shape index (κ2) is 3.05. The zero-order chi connectivity index (χ0) is 11.2. The van der Waals surface area contributed by atoms with E-state index in [2.05, 4.69) is 4.98 Å². The number of hydrogen-bond donors (Lipinski definition) is 2. The molecule has 5 heteroatoms. The molecule has 0 aliphatic heterocycles. The van der Waals surface area contributed by atoms with Crippen molar-refractivity contribution in [1.82, 2.24) is 4.98 Å². The molecule has 1 aromatic carbocycles. The lowest BCUT2D eigenvalue weighted by atomic mass is 10.1. The molecule has 2 rings (SSSR count). The number of fused-ring (bicyclic) bond motifs is 1. The van der Waals surface area contributed by atoms with Gasteiger partial charge in [0.1, 0.15) is 17.3 Å². The van der Waals surface area contributed by atoms with E-state index in [0.717, 1.165) is 6.07 Å². The Labute approximate surface area is 83.3 Å². The van der Waals surface area contributed by atoms with Gasteiger partial charge in [0, 0.05) is 11.5 Å². The monoisotopic (exact) mass is 211 g/mol. The number of aromatic amines is 1. The zero-order valence-electron chi connectivity index (χ0n) is 7.77. The van der Waals surface area contributed by atoms with Crippen molar-refractivity contribution < 1.29 is 18.7 Å². The average Bonchev–Trinajstić information content (AvgIpc) is 2.44. The molecule has 0 aliphatic carbocycles. The van der Waals surface area contributed by atoms with E-state index in [-0.39, 0.29) is 16.6 Å². The van der Waals surface area contributed by atoms with Crippen molar-refractivity contribution in [3.05, 3.63) is 35.0 Å². The molecule has 0 saturated heterocycles. The minimum absolute atomic E-state index is 0.0197. The molecule has 15 heavy (non-hydrogen) atoms. The van der Waals surface area contributed by atoms with E-state index < -0.39 is 17.6 Å². The third kappa shape index (κ3) is 1.36. The number of carbonyl (C=O) groups is 1. The van der Waals surface area contributed by atoms with Crippen LogP contribution in [0.3, 0.4) is 0 Å². The van der Waals surface area contributed by atoms with Gasteiger partial charge in [-0.15, -0.1) is 0 Å². The molecule has 1 heterocycles. The van der Waals surface area contributed by atoms with Crippen molar-refractivity contribution in [3.8, 4) is 0 Å². The van der Waals surface area contributed by atoms with Crippen LogP contribution in [0.5, 0.6) is 0 Å². The maximum atomic E-state index is 13.2. The van der Waals surface area contributed by atoms with E-state index in [9.17, 15) is 13.6 Å². The molecule has 0 bridgehead atoms. The Hall–Kier alpha value is -1.91. The molecule has 0 atom stereocenters. The van der Waals surface area contributed by atoms with Crippen molar-refractivity contribution in [3.63, 3.8) is 0 Å². The summed E-state index contributed by atoms with van der Waals surface area (Å²) in [5, 5.41) is 9.03. The maximum absolute atomic E-state index is 13.2. The average molecular weight is 211 g/mol. The van der Waals surface area contributed by atoms with E-state index in [1.165, 1.54) is 6.92 Å². The number of hydrogen-bond acceptors (Lipinski definition) is 1. The molecule has 0 unspecified atom stereocenters. The number of aromatic carboxylic acids is 1. The van der Waals surface area contributed by atoms with E-state index in [1.54, 1.807) is 0 Å². The summed E-state index contributed by atoms with van der Waals surface area (Å²) in [6.45, 7) is 1.50. The molecule has 0 saturated carbocycles. The number of halogens is 2. The first-order chi connectivity index (χ1) is 7.00. The van der Waals surface area contributed by atoms with E-state index >= 15 is 0 Å². The summed E-state index contributed by atoms with van der Waals surface area (Å²) in [6.07, 6.45) is 0. The first-order valence-electron chi connectivity index (χ1n) is 4.21. The second-order valence-electron chi connectivity index (χ2n) is 3.24. The van der Waals surface area contributed by atoms with Gasteiger partial charge in [0.05, 0.1) is 5.52 Å². The van der Waals surface area contributed by atoms with Gasteiger partial charge in [-0.05, 0) is 18.6 Å². The molecule has 78 valence electrons. The highest BCUT2D eigenvalue weighted by molar-refractivity contribution is 5.97. The fourth-order valence-corrected chi connectivity index (χ4v) is 1.56. The van der Waals surface area contributed by atoms with Crippen LogP contribution in [-0.4, -0.2) is 16.1 Å². The van der Waals surface area contributed by atoms with Gasteiger partial charge in [0.2, 0.25) is 0 Å². The van der Waals surface area contributed by atoms with Crippen molar-refractivity contribution in [2.45, 2.75) is 6.92 Å². The van der Waals surface area contributed by atoms with Crippen LogP contribution in [0.1, 0.15) is 16.1 Å². The Morgan fingerprint density at radius 1 is 1.40 bits per heavy atom. The number of nitrogens with one attached hydrogen (secondary N) is 1. The second-order valence-corrected chi connectivity index (χ2v) is 3.24. The molecular formula is C10H7F2NO2. The van der Waals surface area contributed by atoms with Gasteiger partial charge in [-0.1, -0.05) is 0 Å². The van der Waals surface area contributed by atoms with Crippen molar-refractivity contribution in [1.29, 1.82) is 0 Å². The summed E-state index contributed by atoms with van der Waals surface area (Å²) < 4.78 is 26.1. The molecule has 3 nitrogen and oxygen atoms in total. The molecule has 0 radical (unpaired) electrons. The number of H-pyrrole nitrogens is 1. The van der Waals surface area contributed by atoms with Crippen LogP contribution in [0.2, 0.25) is 0 Å². The van der Waals surface area contributed by atoms with Gasteiger partial charge in [0.15, 0.2) is 0 Å². The predicted octanol–water partition coefficient (Wildman–Crippen LogP) is 2.45. The predicted molar refractivity (Wildman–Crippen MR) is 49.9 cm³/mol. The number of carboxylic acids is 1. The third-order valence-corrected chi connectivity index (χ3v) is 2.30. The highest BCUT2D eigenvalue weighted by Gasteiger charge is 2.16. The molecule has 2 N–H and O–H groups in total. The fraction of sp³-hybridized carbons (Fsp3) is 0.100. The third-order valence-electron chi connectivity index (χ3n) is 2.30. The number of aryl methyl sites for hydroxylation is 1. The standard InChI is InChI=1S/C10H7F2NO2/c1-4-6-2-5(11)3-7(12)9(6)13-8(4)10(14)15/h2-3,13H,1H3,(H,14,15). The Bertz CT molecular complexity index is 560. The minimum Gasteiger partial charge on any atom is -0.477 e. The SMILES string of the molecule is Cc1c(C(=O)O)[nH]c2c(F)cc(F)cc12. The lowest BCUT2D eigenvalue weighted by molar-refractivity contribution is 0.0691. The van der Waals surface area contributed by atoms with E-state index in [1.807, 2.05) is 0 Å². The zero-order valence-corrected chi connectivity index (χ0v) is 7.77. The fourth-order valence-electron chi connectivity index (χ4n) is 1.56. The number of rotatable bonds is 1. The first-order valence-corrected chi connectivity index (χ1v) is 4.21. The van der Waals surface area contributed by atoms with E-state index in [0.29, 0.717) is 11.6 Å². The molecule has 2 aromatic rings. The van der Waals surface area contributed by atoms with Gasteiger partial charge in [-0.3, -0.25) is 0 Å². The summed E-state index contributed by atoms with van der Waals surface area (Å²) in [5.74, 6) is -2.71.